The maximum Gasteiger partial charge on any atom is 0.333 e. The summed E-state index contributed by atoms with van der Waals surface area (Å²) in [7, 11) is -4.16. The lowest BCUT2D eigenvalue weighted by Gasteiger charge is -2.37. The first-order valence-electron chi connectivity index (χ1n) is 10.9. The second kappa shape index (κ2) is 11.6. The van der Waals surface area contributed by atoms with Crippen LogP contribution in [-0.2, 0) is 33.4 Å². The van der Waals surface area contributed by atoms with Crippen molar-refractivity contribution in [2.45, 2.75) is 83.1 Å². The van der Waals surface area contributed by atoms with E-state index in [1.54, 1.807) is 25.1 Å². The first-order chi connectivity index (χ1) is 15.1. The van der Waals surface area contributed by atoms with Crippen LogP contribution in [0.2, 0.25) is 0 Å². The van der Waals surface area contributed by atoms with Crippen molar-refractivity contribution >= 4 is 22.0 Å². The van der Waals surface area contributed by atoms with Crippen molar-refractivity contribution in [2.75, 3.05) is 6.61 Å². The Labute approximate surface area is 190 Å². The predicted molar refractivity (Wildman–Crippen MR) is 119 cm³/mol. The normalized spacial score (nSPS) is 21.2. The van der Waals surface area contributed by atoms with Gasteiger partial charge in [0.2, 0.25) is 5.91 Å². The van der Waals surface area contributed by atoms with Gasteiger partial charge in [-0.25, -0.2) is 4.79 Å². The number of hydrogen-bond donors (Lipinski definition) is 1. The van der Waals surface area contributed by atoms with Gasteiger partial charge in [0, 0.05) is 18.9 Å². The van der Waals surface area contributed by atoms with Crippen molar-refractivity contribution in [1.29, 1.82) is 0 Å². The Morgan fingerprint density at radius 2 is 1.75 bits per heavy atom. The van der Waals surface area contributed by atoms with Crippen LogP contribution in [0.25, 0.3) is 0 Å². The molecule has 0 heterocycles. The molecule has 1 amide bonds. The van der Waals surface area contributed by atoms with E-state index in [0.717, 1.165) is 18.4 Å². The Kier molecular flexibility index (Phi) is 9.42. The zero-order chi connectivity index (χ0) is 23.9. The molecule has 32 heavy (non-hydrogen) atoms. The molecule has 1 aliphatic rings. The summed E-state index contributed by atoms with van der Waals surface area (Å²) in [6.45, 7) is 8.99. The van der Waals surface area contributed by atoms with Crippen LogP contribution in [0.3, 0.4) is 0 Å². The van der Waals surface area contributed by atoms with E-state index >= 15 is 0 Å². The summed E-state index contributed by atoms with van der Waals surface area (Å²) in [5.41, 5.74) is 1.16. The van der Waals surface area contributed by atoms with Gasteiger partial charge in [-0.2, -0.15) is 8.42 Å². The van der Waals surface area contributed by atoms with Crippen LogP contribution >= 0.6 is 0 Å². The van der Waals surface area contributed by atoms with E-state index in [-0.39, 0.29) is 35.5 Å². The van der Waals surface area contributed by atoms with E-state index in [9.17, 15) is 18.0 Å². The zero-order valence-electron chi connectivity index (χ0n) is 19.3. The lowest BCUT2D eigenvalue weighted by molar-refractivity contribution is -0.139. The molecular weight excluding hydrogens is 434 g/mol. The van der Waals surface area contributed by atoms with Crippen molar-refractivity contribution in [3.8, 4) is 0 Å². The fourth-order valence-electron chi connectivity index (χ4n) is 3.55. The Hall–Kier alpha value is -2.23. The molecule has 0 bridgehead atoms. The van der Waals surface area contributed by atoms with Gasteiger partial charge in [0.1, 0.15) is 6.10 Å². The first kappa shape index (κ1) is 26.0. The summed E-state index contributed by atoms with van der Waals surface area (Å²) in [5, 5.41) is 2.76. The number of esters is 1. The van der Waals surface area contributed by atoms with Gasteiger partial charge in [0.25, 0.3) is 10.1 Å². The van der Waals surface area contributed by atoms with Gasteiger partial charge in [0.05, 0.1) is 29.8 Å². The number of aryl methyl sites for hydroxylation is 1. The summed E-state index contributed by atoms with van der Waals surface area (Å²) in [4.78, 5) is 24.4. The second-order valence-corrected chi connectivity index (χ2v) is 9.36. The number of carbonyl (C=O) groups excluding carboxylic acids is 2. The highest BCUT2D eigenvalue weighted by molar-refractivity contribution is 7.86. The average molecular weight is 468 g/mol. The highest BCUT2D eigenvalue weighted by atomic mass is 32.2. The second-order valence-electron chi connectivity index (χ2n) is 7.78. The quantitative estimate of drug-likeness (QED) is 0.416. The lowest BCUT2D eigenvalue weighted by atomic mass is 9.89. The monoisotopic (exact) mass is 467 g/mol. The molecule has 0 saturated carbocycles. The van der Waals surface area contributed by atoms with Crippen LogP contribution in [-0.4, -0.2) is 51.3 Å². The van der Waals surface area contributed by atoms with Gasteiger partial charge >= 0.3 is 5.97 Å². The molecule has 0 fully saturated rings. The highest BCUT2D eigenvalue weighted by Gasteiger charge is 2.41. The van der Waals surface area contributed by atoms with E-state index in [0.29, 0.717) is 0 Å². The van der Waals surface area contributed by atoms with Crippen molar-refractivity contribution in [3.05, 3.63) is 41.5 Å². The number of carbonyl (C=O) groups is 2. The molecule has 1 unspecified atom stereocenters. The third kappa shape index (κ3) is 6.88. The molecule has 1 aliphatic carbocycles. The van der Waals surface area contributed by atoms with Crippen LogP contribution in [0, 0.1) is 6.92 Å². The predicted octanol–water partition coefficient (Wildman–Crippen LogP) is 3.04. The molecule has 0 aliphatic heterocycles. The maximum absolute atomic E-state index is 13.0. The van der Waals surface area contributed by atoms with Crippen LogP contribution in [0.15, 0.2) is 40.8 Å². The molecule has 1 aromatic carbocycles. The number of rotatable bonds is 10. The Morgan fingerprint density at radius 3 is 2.28 bits per heavy atom. The number of nitrogens with one attached hydrogen (secondary N) is 1. The fraction of sp³-hybridized carbons (Fsp3) is 0.565. The highest BCUT2D eigenvalue weighted by Crippen LogP contribution is 2.29. The summed E-state index contributed by atoms with van der Waals surface area (Å²) in [6, 6.07) is 5.46. The summed E-state index contributed by atoms with van der Waals surface area (Å²) in [5.74, 6) is -0.921. The molecule has 178 valence electrons. The molecule has 0 spiro atoms. The fourth-order valence-corrected chi connectivity index (χ4v) is 4.65. The van der Waals surface area contributed by atoms with Crippen LogP contribution in [0.5, 0.6) is 0 Å². The van der Waals surface area contributed by atoms with Crippen molar-refractivity contribution in [1.82, 2.24) is 5.32 Å². The van der Waals surface area contributed by atoms with Crippen molar-refractivity contribution in [3.63, 3.8) is 0 Å². The molecule has 2 rings (SSSR count). The van der Waals surface area contributed by atoms with Gasteiger partial charge in [-0.3, -0.25) is 8.98 Å². The maximum atomic E-state index is 13.0. The molecule has 8 nitrogen and oxygen atoms in total. The van der Waals surface area contributed by atoms with E-state index in [4.69, 9.17) is 13.7 Å². The van der Waals surface area contributed by atoms with Crippen molar-refractivity contribution < 1.29 is 31.7 Å². The lowest BCUT2D eigenvalue weighted by Crippen LogP contribution is -2.55. The molecule has 0 radical (unpaired) electrons. The molecule has 1 aromatic rings. The third-order valence-corrected chi connectivity index (χ3v) is 6.62. The topological polar surface area (TPSA) is 108 Å². The van der Waals surface area contributed by atoms with Crippen LogP contribution < -0.4 is 5.32 Å². The van der Waals surface area contributed by atoms with Gasteiger partial charge in [-0.05, 0) is 44.9 Å². The molecule has 0 aromatic heterocycles. The minimum Gasteiger partial charge on any atom is -0.463 e. The van der Waals surface area contributed by atoms with E-state index in [2.05, 4.69) is 5.32 Å². The molecule has 3 atom stereocenters. The van der Waals surface area contributed by atoms with Crippen LogP contribution in [0.1, 0.15) is 52.5 Å². The average Bonchev–Trinajstić information content (AvgIpc) is 2.73. The smallest absolute Gasteiger partial charge is 0.333 e. The van der Waals surface area contributed by atoms with Crippen LogP contribution in [0.4, 0.5) is 0 Å². The standard InChI is InChI=1S/C23H33NO7S/c1-6-18(7-2)30-20-13-17(23(26)29-8-3)14-21(22(20)24-16(5)25)31-32(27,28)19-11-9-15(4)10-12-19/h9-13,18,20-22H,6-8,14H2,1-5H3,(H,24,25)/t20-,21+,22?/m1/s1. The summed E-state index contributed by atoms with van der Waals surface area (Å²) >= 11 is 0. The summed E-state index contributed by atoms with van der Waals surface area (Å²) < 4.78 is 42.8. The largest absolute Gasteiger partial charge is 0.463 e. The Bertz CT molecular complexity index is 920. The van der Waals surface area contributed by atoms with Crippen molar-refractivity contribution in [2.24, 2.45) is 0 Å². The van der Waals surface area contributed by atoms with Gasteiger partial charge in [-0.1, -0.05) is 31.5 Å². The number of amides is 1. The van der Waals surface area contributed by atoms with Gasteiger partial charge in [0.15, 0.2) is 0 Å². The van der Waals surface area contributed by atoms with E-state index < -0.39 is 34.3 Å². The molecule has 9 heteroatoms. The first-order valence-corrected chi connectivity index (χ1v) is 12.3. The third-order valence-electron chi connectivity index (χ3n) is 5.27. The number of benzene rings is 1. The molecule has 0 saturated heterocycles. The van der Waals surface area contributed by atoms with Gasteiger partial charge in [-0.15, -0.1) is 0 Å². The number of hydrogen-bond acceptors (Lipinski definition) is 7. The Morgan fingerprint density at radius 1 is 1.12 bits per heavy atom. The van der Waals surface area contributed by atoms with E-state index in [1.807, 2.05) is 20.8 Å². The Balaban J connectivity index is 2.44. The summed E-state index contributed by atoms with van der Waals surface area (Å²) in [6.07, 6.45) is 1.06. The minimum atomic E-state index is -4.16. The molecule has 1 N–H and O–H groups in total. The molecular formula is C23H33NO7S. The number of ether oxygens (including phenoxy) is 2. The SMILES string of the molecule is CCOC(=O)C1=C[C@@H](OC(CC)CC)C(NC(C)=O)[C@@H](OS(=O)(=O)c2ccc(C)cc2)C1. The minimum absolute atomic E-state index is 0.00521. The van der Waals surface area contributed by atoms with Gasteiger partial charge < -0.3 is 14.8 Å². The van der Waals surface area contributed by atoms with E-state index in [1.165, 1.54) is 19.1 Å². The zero-order valence-corrected chi connectivity index (χ0v) is 20.1.